The maximum Gasteiger partial charge on any atom is 0.310 e. The van der Waals surface area contributed by atoms with E-state index in [4.69, 9.17) is 0 Å². The number of hydrogen-bond acceptors (Lipinski definition) is 3. The van der Waals surface area contributed by atoms with Crippen LogP contribution in [0.25, 0.3) is 0 Å². The molecule has 1 aliphatic heterocycles. The van der Waals surface area contributed by atoms with Crippen LogP contribution < -0.4 is 0 Å². The van der Waals surface area contributed by atoms with Gasteiger partial charge in [-0.25, -0.2) is 0 Å². The molecule has 0 amide bonds. The molecular weight excluding hydrogens is 240 g/mol. The van der Waals surface area contributed by atoms with E-state index in [1.165, 1.54) is 12.8 Å². The summed E-state index contributed by atoms with van der Waals surface area (Å²) in [5.74, 6) is -0.563. The van der Waals surface area contributed by atoms with Crippen molar-refractivity contribution >= 4 is 5.97 Å². The molecule has 4 nitrogen and oxygen atoms in total. The maximum absolute atomic E-state index is 11.8. The zero-order chi connectivity index (χ0) is 13.7. The monoisotopic (exact) mass is 268 g/mol. The first-order valence-electron chi connectivity index (χ1n) is 7.77. The van der Waals surface area contributed by atoms with Gasteiger partial charge in [0, 0.05) is 19.6 Å². The molecule has 0 atom stereocenters. The lowest BCUT2D eigenvalue weighted by atomic mass is 9.80. The molecule has 0 spiro atoms. The summed E-state index contributed by atoms with van der Waals surface area (Å²) in [5, 5.41) is 9.73. The Hall–Kier alpha value is -0.610. The first-order chi connectivity index (χ1) is 9.12. The van der Waals surface area contributed by atoms with Gasteiger partial charge in [-0.3, -0.25) is 4.79 Å². The minimum atomic E-state index is -0.563. The van der Waals surface area contributed by atoms with Crippen molar-refractivity contribution in [1.29, 1.82) is 0 Å². The van der Waals surface area contributed by atoms with Crippen LogP contribution in [0.5, 0.6) is 0 Å². The van der Waals surface area contributed by atoms with E-state index in [9.17, 15) is 9.90 Å². The fraction of sp³-hybridized carbons (Fsp3) is 0.933. The second kappa shape index (κ2) is 6.71. The molecule has 1 saturated heterocycles. The number of hydrogen-bond donors (Lipinski definition) is 1. The third-order valence-electron chi connectivity index (χ3n) is 4.85. The van der Waals surface area contributed by atoms with Gasteiger partial charge in [0.15, 0.2) is 0 Å². The highest BCUT2D eigenvalue weighted by molar-refractivity contribution is 5.75. The van der Waals surface area contributed by atoms with Crippen LogP contribution in [0.1, 0.15) is 44.9 Å². The average molecular weight is 268 g/mol. The number of carboxylic acid groups (broad SMARTS) is 1. The Kier molecular flexibility index (Phi) is 5.22. The normalized spacial score (nSPS) is 26.6. The first kappa shape index (κ1) is 14.8. The van der Waals surface area contributed by atoms with Gasteiger partial charge < -0.3 is 14.9 Å². The van der Waals surface area contributed by atoms with Crippen LogP contribution >= 0.6 is 0 Å². The number of nitrogens with zero attached hydrogens (tertiary/aromatic N) is 2. The average Bonchev–Trinajstić information content (AvgIpc) is 2.72. The van der Waals surface area contributed by atoms with E-state index in [-0.39, 0.29) is 0 Å². The highest BCUT2D eigenvalue weighted by Gasteiger charge is 2.40. The molecule has 0 bridgehead atoms. The molecular formula is C15H28N2O2. The molecule has 1 aliphatic carbocycles. The molecule has 0 aromatic heterocycles. The summed E-state index contributed by atoms with van der Waals surface area (Å²) < 4.78 is 0. The molecule has 2 aliphatic rings. The Bertz CT molecular complexity index is 299. The van der Waals surface area contributed by atoms with Crippen molar-refractivity contribution < 1.29 is 9.90 Å². The van der Waals surface area contributed by atoms with E-state index >= 15 is 0 Å². The summed E-state index contributed by atoms with van der Waals surface area (Å²) in [7, 11) is 2.15. The smallest absolute Gasteiger partial charge is 0.310 e. The van der Waals surface area contributed by atoms with Crippen molar-refractivity contribution in [3.63, 3.8) is 0 Å². The Labute approximate surface area is 116 Å². The molecule has 110 valence electrons. The topological polar surface area (TPSA) is 43.8 Å². The number of rotatable bonds is 3. The standard InChI is InChI=1S/C15H28N2O2/c1-16-9-6-10-17(12-11-16)13-15(14(18)19)7-4-2-3-5-8-15/h2-13H2,1H3,(H,18,19). The van der Waals surface area contributed by atoms with Crippen LogP contribution in [0.4, 0.5) is 0 Å². The zero-order valence-corrected chi connectivity index (χ0v) is 12.2. The van der Waals surface area contributed by atoms with Gasteiger partial charge >= 0.3 is 5.97 Å². The summed E-state index contributed by atoms with van der Waals surface area (Å²) in [5.41, 5.74) is -0.473. The van der Waals surface area contributed by atoms with Gasteiger partial charge in [0.2, 0.25) is 0 Å². The molecule has 1 heterocycles. The highest BCUT2D eigenvalue weighted by atomic mass is 16.4. The van der Waals surface area contributed by atoms with Gasteiger partial charge in [0.1, 0.15) is 0 Å². The quantitative estimate of drug-likeness (QED) is 0.796. The Morgan fingerprint density at radius 2 is 1.68 bits per heavy atom. The summed E-state index contributed by atoms with van der Waals surface area (Å²) in [6.07, 6.45) is 7.48. The Morgan fingerprint density at radius 3 is 2.32 bits per heavy atom. The predicted octanol–water partition coefficient (Wildman–Crippen LogP) is 2.05. The predicted molar refractivity (Wildman–Crippen MR) is 76.3 cm³/mol. The van der Waals surface area contributed by atoms with Crippen molar-refractivity contribution in [1.82, 2.24) is 9.80 Å². The van der Waals surface area contributed by atoms with Crippen molar-refractivity contribution in [2.75, 3.05) is 39.8 Å². The van der Waals surface area contributed by atoms with E-state index in [1.54, 1.807) is 0 Å². The van der Waals surface area contributed by atoms with Crippen molar-refractivity contribution in [3.05, 3.63) is 0 Å². The zero-order valence-electron chi connectivity index (χ0n) is 12.2. The molecule has 0 unspecified atom stereocenters. The number of aliphatic carboxylic acids is 1. The van der Waals surface area contributed by atoms with Gasteiger partial charge in [-0.1, -0.05) is 25.7 Å². The van der Waals surface area contributed by atoms with Crippen LogP contribution in [0.15, 0.2) is 0 Å². The van der Waals surface area contributed by atoms with Crippen molar-refractivity contribution in [2.24, 2.45) is 5.41 Å². The molecule has 0 aromatic rings. The number of likely N-dealkylation sites (N-methyl/N-ethyl adjacent to an activating group) is 1. The fourth-order valence-electron chi connectivity index (χ4n) is 3.53. The second-order valence-corrected chi connectivity index (χ2v) is 6.43. The van der Waals surface area contributed by atoms with E-state index in [0.717, 1.165) is 64.8 Å². The molecule has 19 heavy (non-hydrogen) atoms. The minimum absolute atomic E-state index is 0.473. The summed E-state index contributed by atoms with van der Waals surface area (Å²) in [6, 6.07) is 0. The Balaban J connectivity index is 2.01. The van der Waals surface area contributed by atoms with Gasteiger partial charge in [0.05, 0.1) is 5.41 Å². The molecule has 2 fully saturated rings. The fourth-order valence-corrected chi connectivity index (χ4v) is 3.53. The van der Waals surface area contributed by atoms with Crippen LogP contribution in [0.2, 0.25) is 0 Å². The lowest BCUT2D eigenvalue weighted by Gasteiger charge is -2.34. The van der Waals surface area contributed by atoms with Crippen LogP contribution in [-0.2, 0) is 4.79 Å². The van der Waals surface area contributed by atoms with Gasteiger partial charge in [-0.05, 0) is 39.4 Å². The van der Waals surface area contributed by atoms with Gasteiger partial charge in [0.25, 0.3) is 0 Å². The van der Waals surface area contributed by atoms with E-state index in [2.05, 4.69) is 16.8 Å². The van der Waals surface area contributed by atoms with Gasteiger partial charge in [-0.15, -0.1) is 0 Å². The SMILES string of the molecule is CN1CCCN(CC2(C(=O)O)CCCCCC2)CC1. The molecule has 4 heteroatoms. The second-order valence-electron chi connectivity index (χ2n) is 6.43. The summed E-state index contributed by atoms with van der Waals surface area (Å²) >= 11 is 0. The maximum atomic E-state index is 11.8. The van der Waals surface area contributed by atoms with Crippen LogP contribution in [0, 0.1) is 5.41 Å². The third kappa shape index (κ3) is 3.93. The molecule has 1 saturated carbocycles. The number of carbonyl (C=O) groups is 1. The Morgan fingerprint density at radius 1 is 1.00 bits per heavy atom. The molecule has 0 aromatic carbocycles. The summed E-state index contributed by atoms with van der Waals surface area (Å²) in [4.78, 5) is 16.6. The van der Waals surface area contributed by atoms with Crippen LogP contribution in [0.3, 0.4) is 0 Å². The largest absolute Gasteiger partial charge is 0.481 e. The molecule has 0 radical (unpaired) electrons. The van der Waals surface area contributed by atoms with Gasteiger partial charge in [-0.2, -0.15) is 0 Å². The lowest BCUT2D eigenvalue weighted by molar-refractivity contribution is -0.151. The van der Waals surface area contributed by atoms with Crippen molar-refractivity contribution in [3.8, 4) is 0 Å². The van der Waals surface area contributed by atoms with E-state index in [0.29, 0.717) is 0 Å². The third-order valence-corrected chi connectivity index (χ3v) is 4.85. The highest BCUT2D eigenvalue weighted by Crippen LogP contribution is 2.36. The van der Waals surface area contributed by atoms with E-state index in [1.807, 2.05) is 0 Å². The number of carboxylic acids is 1. The first-order valence-corrected chi connectivity index (χ1v) is 7.77. The minimum Gasteiger partial charge on any atom is -0.481 e. The molecule has 2 rings (SSSR count). The lowest BCUT2D eigenvalue weighted by Crippen LogP contribution is -2.44. The van der Waals surface area contributed by atoms with Crippen LogP contribution in [-0.4, -0.2) is 60.6 Å². The molecule has 1 N–H and O–H groups in total. The summed E-state index contributed by atoms with van der Waals surface area (Å²) in [6.45, 7) is 5.04. The van der Waals surface area contributed by atoms with Crippen molar-refractivity contribution in [2.45, 2.75) is 44.9 Å². The van der Waals surface area contributed by atoms with E-state index < -0.39 is 11.4 Å².